The monoisotopic (exact) mass is 277 g/mol. The minimum Gasteiger partial charge on any atom is -0.353 e. The zero-order valence-electron chi connectivity index (χ0n) is 12.2. The van der Waals surface area contributed by atoms with Crippen molar-refractivity contribution < 1.29 is 9.59 Å². The van der Waals surface area contributed by atoms with Crippen LogP contribution in [0.15, 0.2) is 0 Å². The largest absolute Gasteiger partial charge is 0.353 e. The normalized spacial score (nSPS) is 26.3. The van der Waals surface area contributed by atoms with Gasteiger partial charge in [-0.25, -0.2) is 0 Å². The molecule has 1 atom stereocenters. The van der Waals surface area contributed by atoms with E-state index in [1.54, 1.807) is 4.90 Å². The third-order valence-electron chi connectivity index (χ3n) is 4.56. The van der Waals surface area contributed by atoms with Gasteiger partial charge in [0.1, 0.15) is 11.5 Å². The summed E-state index contributed by atoms with van der Waals surface area (Å²) in [4.78, 5) is 26.4. The molecule has 1 saturated carbocycles. The molecule has 0 radical (unpaired) electrons. The second kappa shape index (κ2) is 6.25. The number of hydrogen-bond acceptors (Lipinski definition) is 3. The highest BCUT2D eigenvalue weighted by Gasteiger charge is 2.45. The summed E-state index contributed by atoms with van der Waals surface area (Å²) in [7, 11) is 0. The van der Waals surface area contributed by atoms with E-state index in [9.17, 15) is 14.9 Å². The van der Waals surface area contributed by atoms with E-state index in [2.05, 4.69) is 11.4 Å². The van der Waals surface area contributed by atoms with Crippen molar-refractivity contribution in [1.82, 2.24) is 10.2 Å². The smallest absolute Gasteiger partial charge is 0.243 e. The lowest BCUT2D eigenvalue weighted by atomic mass is 9.80. The Balaban J connectivity index is 2.22. The molecular formula is C15H23N3O2. The molecule has 1 aliphatic carbocycles. The molecule has 2 rings (SSSR count). The van der Waals surface area contributed by atoms with Crippen molar-refractivity contribution in [3.05, 3.63) is 0 Å². The van der Waals surface area contributed by atoms with Crippen LogP contribution in [0.4, 0.5) is 0 Å². The van der Waals surface area contributed by atoms with Crippen LogP contribution in [0.3, 0.4) is 0 Å². The Morgan fingerprint density at radius 2 is 2.05 bits per heavy atom. The maximum Gasteiger partial charge on any atom is 0.243 e. The number of piperazine rings is 1. The first kappa shape index (κ1) is 14.8. The van der Waals surface area contributed by atoms with Gasteiger partial charge in [0.15, 0.2) is 0 Å². The quantitative estimate of drug-likeness (QED) is 0.779. The molecule has 5 heteroatoms. The molecule has 5 nitrogen and oxygen atoms in total. The van der Waals surface area contributed by atoms with Gasteiger partial charge in [-0.2, -0.15) is 5.26 Å². The average Bonchev–Trinajstić information content (AvgIpc) is 2.72. The van der Waals surface area contributed by atoms with Gasteiger partial charge in [0.05, 0.1) is 6.07 Å². The molecule has 0 aromatic carbocycles. The van der Waals surface area contributed by atoms with E-state index in [1.807, 2.05) is 6.92 Å². The van der Waals surface area contributed by atoms with Gasteiger partial charge < -0.3 is 10.2 Å². The van der Waals surface area contributed by atoms with Crippen molar-refractivity contribution in [2.24, 2.45) is 5.41 Å². The molecule has 1 heterocycles. The molecule has 0 bridgehead atoms. The van der Waals surface area contributed by atoms with Gasteiger partial charge in [-0.15, -0.1) is 0 Å². The van der Waals surface area contributed by atoms with Gasteiger partial charge in [-0.3, -0.25) is 9.59 Å². The van der Waals surface area contributed by atoms with Gasteiger partial charge in [-0.05, 0) is 19.3 Å². The number of carbonyl (C=O) groups is 2. The Labute approximate surface area is 120 Å². The molecule has 0 aromatic heterocycles. The Hall–Kier alpha value is -1.57. The van der Waals surface area contributed by atoms with Crippen LogP contribution >= 0.6 is 0 Å². The van der Waals surface area contributed by atoms with Crippen molar-refractivity contribution in [2.45, 2.75) is 57.9 Å². The second-order valence-electron chi connectivity index (χ2n) is 5.82. The predicted molar refractivity (Wildman–Crippen MR) is 74.5 cm³/mol. The molecule has 0 spiro atoms. The number of amides is 2. The molecule has 1 unspecified atom stereocenters. The number of nitrogens with zero attached hydrogens (tertiary/aromatic N) is 2. The Morgan fingerprint density at radius 1 is 1.40 bits per heavy atom. The van der Waals surface area contributed by atoms with Crippen molar-refractivity contribution in [3.63, 3.8) is 0 Å². The number of carbonyl (C=O) groups excluding carboxylic acids is 2. The molecular weight excluding hydrogens is 254 g/mol. The summed E-state index contributed by atoms with van der Waals surface area (Å²) in [6.45, 7) is 2.91. The van der Waals surface area contributed by atoms with E-state index in [0.29, 0.717) is 32.4 Å². The Kier molecular flexibility index (Phi) is 4.64. The lowest BCUT2D eigenvalue weighted by molar-refractivity contribution is -0.149. The lowest BCUT2D eigenvalue weighted by Crippen LogP contribution is -2.59. The zero-order valence-corrected chi connectivity index (χ0v) is 12.2. The highest BCUT2D eigenvalue weighted by Crippen LogP contribution is 2.37. The third-order valence-corrected chi connectivity index (χ3v) is 4.56. The van der Waals surface area contributed by atoms with Gasteiger partial charge in [0.25, 0.3) is 0 Å². The van der Waals surface area contributed by atoms with Crippen LogP contribution < -0.4 is 5.32 Å². The third kappa shape index (κ3) is 2.65. The molecule has 1 N–H and O–H groups in total. The summed E-state index contributed by atoms with van der Waals surface area (Å²) in [5, 5.41) is 12.4. The summed E-state index contributed by atoms with van der Waals surface area (Å²) < 4.78 is 0. The van der Waals surface area contributed by atoms with Crippen LogP contribution in [0.1, 0.15) is 51.9 Å². The van der Waals surface area contributed by atoms with E-state index in [4.69, 9.17) is 0 Å². The Bertz CT molecular complexity index is 419. The minimum absolute atomic E-state index is 0.0891. The first-order valence-electron chi connectivity index (χ1n) is 7.64. The highest BCUT2D eigenvalue weighted by atomic mass is 16.2. The second-order valence-corrected chi connectivity index (χ2v) is 5.82. The topological polar surface area (TPSA) is 73.2 Å². The maximum absolute atomic E-state index is 12.9. The Morgan fingerprint density at radius 3 is 2.60 bits per heavy atom. The van der Waals surface area contributed by atoms with E-state index in [0.717, 1.165) is 25.7 Å². The fourth-order valence-corrected chi connectivity index (χ4v) is 3.34. The zero-order chi connectivity index (χ0) is 14.6. The van der Waals surface area contributed by atoms with Gasteiger partial charge in [-0.1, -0.05) is 32.6 Å². The van der Waals surface area contributed by atoms with Gasteiger partial charge >= 0.3 is 0 Å². The van der Waals surface area contributed by atoms with E-state index < -0.39 is 11.5 Å². The fourth-order valence-electron chi connectivity index (χ4n) is 3.34. The summed E-state index contributed by atoms with van der Waals surface area (Å²) in [5.41, 5.74) is -0.901. The molecule has 0 aromatic rings. The van der Waals surface area contributed by atoms with Gasteiger partial charge in [0, 0.05) is 13.1 Å². The SMILES string of the molecule is CCC1C(=O)NCCN1C(=O)C1(C#N)CCCCCC1. The molecule has 110 valence electrons. The van der Waals surface area contributed by atoms with Crippen LogP contribution in [0.2, 0.25) is 0 Å². The number of nitriles is 1. The van der Waals surface area contributed by atoms with Crippen molar-refractivity contribution in [1.29, 1.82) is 5.26 Å². The predicted octanol–water partition coefficient (Wildman–Crippen LogP) is 1.59. The standard InChI is InChI=1S/C15H23N3O2/c1-2-12-13(19)17-9-10-18(12)14(20)15(11-16)7-5-3-4-6-8-15/h12H,2-10H2,1H3,(H,17,19). The van der Waals surface area contributed by atoms with E-state index in [1.165, 1.54) is 0 Å². The van der Waals surface area contributed by atoms with Crippen molar-refractivity contribution in [2.75, 3.05) is 13.1 Å². The van der Waals surface area contributed by atoms with Crippen LogP contribution in [0, 0.1) is 16.7 Å². The number of hydrogen-bond donors (Lipinski definition) is 1. The summed E-state index contributed by atoms with van der Waals surface area (Å²) in [6, 6.07) is 1.88. The van der Waals surface area contributed by atoms with E-state index >= 15 is 0 Å². The molecule has 2 aliphatic rings. The molecule has 2 fully saturated rings. The van der Waals surface area contributed by atoms with Crippen molar-refractivity contribution >= 4 is 11.8 Å². The highest BCUT2D eigenvalue weighted by molar-refractivity contribution is 5.92. The average molecular weight is 277 g/mol. The maximum atomic E-state index is 12.9. The summed E-state index contributed by atoms with van der Waals surface area (Å²) in [5.74, 6) is -0.211. The molecule has 1 aliphatic heterocycles. The number of nitrogens with one attached hydrogen (secondary N) is 1. The van der Waals surface area contributed by atoms with Crippen LogP contribution in [0.5, 0.6) is 0 Å². The van der Waals surface area contributed by atoms with Crippen LogP contribution in [-0.2, 0) is 9.59 Å². The van der Waals surface area contributed by atoms with Crippen LogP contribution in [0.25, 0.3) is 0 Å². The lowest BCUT2D eigenvalue weighted by Gasteiger charge is -2.39. The molecule has 20 heavy (non-hydrogen) atoms. The molecule has 1 saturated heterocycles. The fraction of sp³-hybridized carbons (Fsp3) is 0.800. The number of rotatable bonds is 2. The first-order chi connectivity index (χ1) is 9.64. The van der Waals surface area contributed by atoms with Crippen LogP contribution in [-0.4, -0.2) is 35.8 Å². The van der Waals surface area contributed by atoms with E-state index in [-0.39, 0.29) is 11.8 Å². The minimum atomic E-state index is -0.901. The van der Waals surface area contributed by atoms with Crippen molar-refractivity contribution in [3.8, 4) is 6.07 Å². The summed E-state index contributed by atoms with van der Waals surface area (Å²) >= 11 is 0. The summed E-state index contributed by atoms with van der Waals surface area (Å²) in [6.07, 6.45) is 5.90. The molecule has 2 amide bonds. The van der Waals surface area contributed by atoms with Gasteiger partial charge in [0.2, 0.25) is 11.8 Å². The first-order valence-corrected chi connectivity index (χ1v) is 7.64.